The van der Waals surface area contributed by atoms with E-state index in [2.05, 4.69) is 181 Å². The predicted molar refractivity (Wildman–Crippen MR) is 246 cm³/mol. The first-order chi connectivity index (χ1) is 26.5. The highest BCUT2D eigenvalue weighted by Crippen LogP contribution is 2.37. The summed E-state index contributed by atoms with van der Waals surface area (Å²) in [5, 5.41) is 42.9. The molecule has 0 aromatic rings. The molecule has 0 amide bonds. The molecule has 338 valence electrons. The fourth-order valence-electron chi connectivity index (χ4n) is 8.16. The van der Waals surface area contributed by atoms with Gasteiger partial charge < -0.3 is 0 Å². The van der Waals surface area contributed by atoms with Gasteiger partial charge in [-0.25, -0.2) is 10.0 Å². The van der Waals surface area contributed by atoms with Gasteiger partial charge in [0.1, 0.15) is 5.79 Å². The van der Waals surface area contributed by atoms with Gasteiger partial charge in [0, 0.05) is 44.2 Å². The Hall–Kier alpha value is -0.480. The molecule has 0 saturated carbocycles. The van der Waals surface area contributed by atoms with Crippen molar-refractivity contribution in [3.05, 3.63) is 0 Å². The number of likely N-dealkylation sites (N-methyl/N-ethyl adjacent to an activating group) is 1. The van der Waals surface area contributed by atoms with E-state index in [9.17, 15) is 0 Å². The Morgan fingerprint density at radius 1 is 0.571 bits per heavy atom. The lowest BCUT2D eigenvalue weighted by atomic mass is 9.84. The Balaban J connectivity index is 8.90. The highest BCUT2D eigenvalue weighted by atomic mass is 15.8. The van der Waals surface area contributed by atoms with Crippen LogP contribution in [-0.4, -0.2) is 130 Å². The molecule has 0 aliphatic heterocycles. The van der Waals surface area contributed by atoms with E-state index >= 15 is 0 Å². The van der Waals surface area contributed by atoms with Gasteiger partial charge in [0.15, 0.2) is 17.2 Å². The van der Waals surface area contributed by atoms with Gasteiger partial charge in [-0.1, -0.05) is 101 Å². The maximum absolute atomic E-state index is 4.43. The van der Waals surface area contributed by atoms with Crippen LogP contribution >= 0.6 is 0 Å². The molecule has 12 nitrogen and oxygen atoms in total. The summed E-state index contributed by atoms with van der Waals surface area (Å²) in [6.07, 6.45) is 12.3. The van der Waals surface area contributed by atoms with Crippen molar-refractivity contribution < 1.29 is 0 Å². The van der Waals surface area contributed by atoms with E-state index in [0.29, 0.717) is 5.92 Å². The number of nitrogens with zero attached hydrogens (tertiary/aromatic N) is 3. The molecule has 9 N–H and O–H groups in total. The van der Waals surface area contributed by atoms with Gasteiger partial charge in [0.2, 0.25) is 0 Å². The monoisotopic (exact) mass is 799 g/mol. The molecular formula is C44H102N12. The molecular weight excluding hydrogens is 697 g/mol. The number of hydrogen-bond donors (Lipinski definition) is 9. The summed E-state index contributed by atoms with van der Waals surface area (Å²) in [6, 6.07) is 0.132. The van der Waals surface area contributed by atoms with Gasteiger partial charge in [0.25, 0.3) is 0 Å². The van der Waals surface area contributed by atoms with Gasteiger partial charge in [-0.05, 0) is 120 Å². The lowest BCUT2D eigenvalue weighted by Gasteiger charge is -2.68. The Morgan fingerprint density at radius 2 is 1.12 bits per heavy atom. The molecule has 0 rings (SSSR count). The van der Waals surface area contributed by atoms with Crippen molar-refractivity contribution in [1.29, 1.82) is 0 Å². The molecule has 0 heterocycles. The summed E-state index contributed by atoms with van der Waals surface area (Å²) in [4.78, 5) is 2.43. The molecule has 12 heteroatoms. The SMILES string of the molecule is CCCCCCNC(NCCCCC)(N(C)C)C(NCCCC)(NC(C)C)C(NCC(C)C)(NC(C)(C)C)N(CCC(NC)(NCC)NCCC)N(CC)CC. The molecule has 0 radical (unpaired) electrons. The first-order valence-corrected chi connectivity index (χ1v) is 23.4. The largest absolute Gasteiger partial charge is 0.291 e. The molecule has 4 atom stereocenters. The molecule has 4 unspecified atom stereocenters. The third-order valence-corrected chi connectivity index (χ3v) is 10.8. The fraction of sp³-hybridized carbons (Fsp3) is 1.00. The van der Waals surface area contributed by atoms with E-state index in [4.69, 9.17) is 0 Å². The van der Waals surface area contributed by atoms with Crippen LogP contribution in [-0.2, 0) is 0 Å². The Bertz CT molecular complexity index is 941. The topological polar surface area (TPSA) is 118 Å². The molecule has 0 spiro atoms. The summed E-state index contributed by atoms with van der Waals surface area (Å²) in [6.45, 7) is 39.9. The van der Waals surface area contributed by atoms with Crippen molar-refractivity contribution in [3.8, 4) is 0 Å². The van der Waals surface area contributed by atoms with Crippen LogP contribution in [0.4, 0.5) is 0 Å². The lowest BCUT2D eigenvalue weighted by molar-refractivity contribution is -0.237. The van der Waals surface area contributed by atoms with Gasteiger partial charge in [-0.2, -0.15) is 0 Å². The minimum atomic E-state index is -0.894. The molecule has 0 bridgehead atoms. The average molecular weight is 799 g/mol. The average Bonchev–Trinajstić information content (AvgIpc) is 3.13. The van der Waals surface area contributed by atoms with Gasteiger partial charge in [-0.15, -0.1) is 0 Å². The van der Waals surface area contributed by atoms with Crippen LogP contribution in [0.15, 0.2) is 0 Å². The van der Waals surface area contributed by atoms with Crippen LogP contribution < -0.4 is 47.9 Å². The zero-order valence-corrected chi connectivity index (χ0v) is 40.6. The van der Waals surface area contributed by atoms with Crippen LogP contribution in [0.3, 0.4) is 0 Å². The van der Waals surface area contributed by atoms with E-state index in [0.717, 1.165) is 97.4 Å². The van der Waals surface area contributed by atoms with Crippen LogP contribution in [0.1, 0.15) is 168 Å². The van der Waals surface area contributed by atoms with Crippen molar-refractivity contribution in [2.45, 2.75) is 202 Å². The summed E-state index contributed by atoms with van der Waals surface area (Å²) in [5.74, 6) is -1.70. The Labute approximate surface area is 350 Å². The van der Waals surface area contributed by atoms with Crippen molar-refractivity contribution in [1.82, 2.24) is 62.8 Å². The molecule has 56 heavy (non-hydrogen) atoms. The van der Waals surface area contributed by atoms with Crippen molar-refractivity contribution >= 4 is 0 Å². The fourth-order valence-corrected chi connectivity index (χ4v) is 8.16. The minimum Gasteiger partial charge on any atom is -0.291 e. The van der Waals surface area contributed by atoms with Crippen LogP contribution in [0, 0.1) is 5.92 Å². The molecule has 0 aliphatic carbocycles. The van der Waals surface area contributed by atoms with Crippen molar-refractivity contribution in [2.24, 2.45) is 5.92 Å². The first-order valence-electron chi connectivity index (χ1n) is 23.4. The van der Waals surface area contributed by atoms with Crippen LogP contribution in [0.25, 0.3) is 0 Å². The molecule has 0 aromatic carbocycles. The summed E-state index contributed by atoms with van der Waals surface area (Å²) < 4.78 is 0. The van der Waals surface area contributed by atoms with Crippen molar-refractivity contribution in [3.63, 3.8) is 0 Å². The number of nitrogens with one attached hydrogen (secondary N) is 9. The van der Waals surface area contributed by atoms with Crippen LogP contribution in [0.2, 0.25) is 0 Å². The predicted octanol–water partition coefficient (Wildman–Crippen LogP) is 5.95. The zero-order chi connectivity index (χ0) is 42.9. The smallest absolute Gasteiger partial charge is 0.176 e. The highest BCUT2D eigenvalue weighted by molar-refractivity contribution is 5.20. The quantitative estimate of drug-likeness (QED) is 0.0210. The van der Waals surface area contributed by atoms with Crippen molar-refractivity contribution in [2.75, 3.05) is 80.0 Å². The lowest BCUT2D eigenvalue weighted by Crippen LogP contribution is -3.00. The first kappa shape index (κ1) is 55.5. The second kappa shape index (κ2) is 28.9. The summed E-state index contributed by atoms with van der Waals surface area (Å²) >= 11 is 0. The molecule has 0 fully saturated rings. The second-order valence-electron chi connectivity index (χ2n) is 18.0. The second-order valence-corrected chi connectivity index (χ2v) is 18.0. The highest BCUT2D eigenvalue weighted by Gasteiger charge is 2.68. The van der Waals surface area contributed by atoms with Gasteiger partial charge >= 0.3 is 0 Å². The Kier molecular flexibility index (Phi) is 28.6. The molecule has 0 aliphatic rings. The molecule has 0 aromatic heterocycles. The van der Waals surface area contributed by atoms with E-state index < -0.39 is 23.0 Å². The zero-order valence-electron chi connectivity index (χ0n) is 40.6. The maximum Gasteiger partial charge on any atom is 0.176 e. The maximum atomic E-state index is 4.43. The molecule has 0 saturated heterocycles. The minimum absolute atomic E-state index is 0.132. The number of rotatable bonds is 37. The van der Waals surface area contributed by atoms with Gasteiger partial charge in [-0.3, -0.25) is 52.8 Å². The van der Waals surface area contributed by atoms with Crippen LogP contribution in [0.5, 0.6) is 0 Å². The normalized spacial score (nSPS) is 17.2. The van der Waals surface area contributed by atoms with E-state index in [1.807, 2.05) is 0 Å². The number of hydrazine groups is 1. The van der Waals surface area contributed by atoms with E-state index in [1.165, 1.54) is 32.1 Å². The number of unbranched alkanes of at least 4 members (excludes halogenated alkanes) is 6. The Morgan fingerprint density at radius 3 is 1.57 bits per heavy atom. The summed E-state index contributed by atoms with van der Waals surface area (Å²) in [5.41, 5.74) is -1.17. The van der Waals surface area contributed by atoms with Gasteiger partial charge in [0.05, 0.1) is 0 Å². The number of hydrogen-bond acceptors (Lipinski definition) is 12. The van der Waals surface area contributed by atoms with E-state index in [1.54, 1.807) is 0 Å². The third kappa shape index (κ3) is 16.9. The summed E-state index contributed by atoms with van der Waals surface area (Å²) in [7, 11) is 6.62. The van der Waals surface area contributed by atoms with E-state index in [-0.39, 0.29) is 11.6 Å². The third-order valence-electron chi connectivity index (χ3n) is 10.8. The standard InChI is InChI=1S/C44H102N12/c1-18-25-28-30-35-50-43(54(16)17,49-34-29-26-19-2)42(52-39(10)11,48-33-27-20-3)44(51-37-38(8)9,53-40(12,13)14)56(55(23-6)24-7)36-31-41(45-15,46-22-5)47-32-21-4/h38-39,45-53H,18-37H2,1-17H3.